The summed E-state index contributed by atoms with van der Waals surface area (Å²) in [5.41, 5.74) is 2.31. The van der Waals surface area contributed by atoms with Gasteiger partial charge in [0.05, 0.1) is 6.61 Å². The molecule has 1 atom stereocenters. The van der Waals surface area contributed by atoms with E-state index in [2.05, 4.69) is 0 Å². The number of carbonyl (C=O) groups excluding carboxylic acids is 1. The Morgan fingerprint density at radius 3 is 2.91 bits per heavy atom. The Labute approximate surface area is 139 Å². The Hall–Kier alpha value is -2.04. The molecule has 4 nitrogen and oxygen atoms in total. The van der Waals surface area contributed by atoms with E-state index < -0.39 is 12.1 Å². The van der Waals surface area contributed by atoms with E-state index in [-0.39, 0.29) is 0 Å². The van der Waals surface area contributed by atoms with Gasteiger partial charge in [-0.15, -0.1) is 0 Å². The molecule has 0 amide bonds. The van der Waals surface area contributed by atoms with E-state index in [4.69, 9.17) is 21.1 Å². The van der Waals surface area contributed by atoms with E-state index in [1.54, 1.807) is 30.3 Å². The van der Waals surface area contributed by atoms with Crippen molar-refractivity contribution in [2.75, 3.05) is 6.61 Å². The predicted molar refractivity (Wildman–Crippen MR) is 87.1 cm³/mol. The Morgan fingerprint density at radius 2 is 2.17 bits per heavy atom. The second-order valence-corrected chi connectivity index (χ2v) is 5.93. The van der Waals surface area contributed by atoms with Crippen LogP contribution in [0.1, 0.15) is 36.1 Å². The summed E-state index contributed by atoms with van der Waals surface area (Å²) >= 11 is 6.01. The van der Waals surface area contributed by atoms with Crippen LogP contribution >= 0.6 is 11.6 Å². The van der Waals surface area contributed by atoms with Crippen molar-refractivity contribution in [2.45, 2.75) is 25.9 Å². The van der Waals surface area contributed by atoms with Gasteiger partial charge in [0.2, 0.25) is 0 Å². The van der Waals surface area contributed by atoms with Gasteiger partial charge in [0, 0.05) is 23.6 Å². The highest BCUT2D eigenvalue weighted by Gasteiger charge is 2.23. The van der Waals surface area contributed by atoms with Crippen molar-refractivity contribution in [3.63, 3.8) is 0 Å². The van der Waals surface area contributed by atoms with Gasteiger partial charge in [-0.25, -0.2) is 0 Å². The van der Waals surface area contributed by atoms with Crippen molar-refractivity contribution in [1.82, 2.24) is 0 Å². The average Bonchev–Trinajstić information content (AvgIpc) is 2.53. The third-order valence-electron chi connectivity index (χ3n) is 3.77. The van der Waals surface area contributed by atoms with Crippen LogP contribution < -0.4 is 9.47 Å². The molecular formula is C18H17ClO4. The molecule has 2 aromatic rings. The average molecular weight is 333 g/mol. The number of hydrogen-bond donors (Lipinski definition) is 1. The molecule has 0 aliphatic carbocycles. The van der Waals surface area contributed by atoms with Crippen LogP contribution in [-0.2, 0) is 11.2 Å². The van der Waals surface area contributed by atoms with E-state index in [0.717, 1.165) is 18.4 Å². The largest absolute Gasteiger partial charge is 0.493 e. The van der Waals surface area contributed by atoms with Crippen molar-refractivity contribution in [1.29, 1.82) is 0 Å². The summed E-state index contributed by atoms with van der Waals surface area (Å²) in [4.78, 5) is 11.2. The number of carbonyl (C=O) groups is 1. The van der Waals surface area contributed by atoms with Crippen LogP contribution in [0.5, 0.6) is 11.5 Å². The summed E-state index contributed by atoms with van der Waals surface area (Å²) in [6.45, 7) is 1.95. The number of aliphatic hydroxyl groups excluding tert-OH is 1. The van der Waals surface area contributed by atoms with Crippen LogP contribution in [0.3, 0.4) is 0 Å². The summed E-state index contributed by atoms with van der Waals surface area (Å²) in [6.07, 6.45) is 0.831. The first kappa shape index (κ1) is 15.8. The van der Waals surface area contributed by atoms with Gasteiger partial charge in [0.15, 0.2) is 0 Å². The van der Waals surface area contributed by atoms with Gasteiger partial charge in [-0.05, 0) is 42.2 Å². The molecule has 23 heavy (non-hydrogen) atoms. The molecule has 5 heteroatoms. The van der Waals surface area contributed by atoms with Crippen LogP contribution in [0.25, 0.3) is 0 Å². The van der Waals surface area contributed by atoms with Crippen molar-refractivity contribution in [3.05, 3.63) is 58.1 Å². The van der Waals surface area contributed by atoms with Gasteiger partial charge in [0.1, 0.15) is 17.6 Å². The molecule has 0 aromatic heterocycles. The molecule has 0 saturated carbocycles. The zero-order valence-corrected chi connectivity index (χ0v) is 13.5. The topological polar surface area (TPSA) is 55.8 Å². The van der Waals surface area contributed by atoms with Crippen LogP contribution in [-0.4, -0.2) is 17.7 Å². The molecule has 0 bridgehead atoms. The van der Waals surface area contributed by atoms with E-state index in [1.165, 1.54) is 6.92 Å². The maximum atomic E-state index is 11.2. The molecule has 1 N–H and O–H groups in total. The molecule has 3 rings (SSSR count). The van der Waals surface area contributed by atoms with Crippen LogP contribution in [0.2, 0.25) is 5.02 Å². The van der Waals surface area contributed by atoms with Crippen LogP contribution in [0, 0.1) is 0 Å². The number of fused-ring (bicyclic) bond motifs is 1. The Bertz CT molecular complexity index is 742. The van der Waals surface area contributed by atoms with E-state index in [9.17, 15) is 9.90 Å². The highest BCUT2D eigenvalue weighted by molar-refractivity contribution is 6.30. The third kappa shape index (κ3) is 3.49. The SMILES string of the molecule is CC(=O)Oc1cc2c(c(C(O)c3cccc(Cl)c3)c1)CCCO2. The van der Waals surface area contributed by atoms with E-state index in [1.807, 2.05) is 6.07 Å². The van der Waals surface area contributed by atoms with Crippen LogP contribution in [0.4, 0.5) is 0 Å². The fraction of sp³-hybridized carbons (Fsp3) is 0.278. The lowest BCUT2D eigenvalue weighted by atomic mass is 9.92. The van der Waals surface area contributed by atoms with E-state index >= 15 is 0 Å². The molecular weight excluding hydrogens is 316 g/mol. The van der Waals surface area contributed by atoms with Crippen molar-refractivity contribution in [2.24, 2.45) is 0 Å². The summed E-state index contributed by atoms with van der Waals surface area (Å²) in [5.74, 6) is 0.615. The maximum Gasteiger partial charge on any atom is 0.308 e. The molecule has 1 unspecified atom stereocenters. The number of rotatable bonds is 3. The van der Waals surface area contributed by atoms with Crippen molar-refractivity contribution < 1.29 is 19.4 Å². The lowest BCUT2D eigenvalue weighted by molar-refractivity contribution is -0.131. The number of hydrogen-bond acceptors (Lipinski definition) is 4. The summed E-state index contributed by atoms with van der Waals surface area (Å²) in [7, 11) is 0. The quantitative estimate of drug-likeness (QED) is 0.688. The predicted octanol–water partition coefficient (Wildman–Crippen LogP) is 3.67. The lowest BCUT2D eigenvalue weighted by Crippen LogP contribution is -2.14. The number of aliphatic hydroxyl groups is 1. The molecule has 0 fully saturated rings. The Morgan fingerprint density at radius 1 is 1.35 bits per heavy atom. The lowest BCUT2D eigenvalue weighted by Gasteiger charge is -2.24. The normalized spacial score (nSPS) is 14.6. The zero-order chi connectivity index (χ0) is 16.4. The molecule has 1 aliphatic heterocycles. The number of esters is 1. The fourth-order valence-corrected chi connectivity index (χ4v) is 2.99. The molecule has 1 heterocycles. The summed E-state index contributed by atoms with van der Waals surface area (Å²) in [6, 6.07) is 10.5. The van der Waals surface area contributed by atoms with Crippen molar-refractivity contribution in [3.8, 4) is 11.5 Å². The molecule has 0 saturated heterocycles. The smallest absolute Gasteiger partial charge is 0.308 e. The van der Waals surface area contributed by atoms with Crippen molar-refractivity contribution >= 4 is 17.6 Å². The minimum atomic E-state index is -0.861. The third-order valence-corrected chi connectivity index (χ3v) is 4.00. The fourth-order valence-electron chi connectivity index (χ4n) is 2.79. The zero-order valence-electron chi connectivity index (χ0n) is 12.7. The highest BCUT2D eigenvalue weighted by Crippen LogP contribution is 2.38. The molecule has 0 radical (unpaired) electrons. The number of halogens is 1. The Kier molecular flexibility index (Phi) is 4.55. The number of ether oxygens (including phenoxy) is 2. The first-order valence-corrected chi connectivity index (χ1v) is 7.84. The minimum Gasteiger partial charge on any atom is -0.493 e. The first-order valence-electron chi connectivity index (χ1n) is 7.46. The minimum absolute atomic E-state index is 0.370. The summed E-state index contributed by atoms with van der Waals surface area (Å²) < 4.78 is 10.8. The van der Waals surface area contributed by atoms with Gasteiger partial charge < -0.3 is 14.6 Å². The standard InChI is InChI=1S/C18H17ClO4/c1-11(20)23-14-9-16(15-6-3-7-22-17(15)10-14)18(21)12-4-2-5-13(19)8-12/h2,4-5,8-10,18,21H,3,6-7H2,1H3. The second-order valence-electron chi connectivity index (χ2n) is 5.49. The Balaban J connectivity index is 2.07. The van der Waals surface area contributed by atoms with Gasteiger partial charge in [-0.3, -0.25) is 4.79 Å². The maximum absolute atomic E-state index is 11.2. The van der Waals surface area contributed by atoms with Gasteiger partial charge in [-0.1, -0.05) is 23.7 Å². The molecule has 2 aromatic carbocycles. The van der Waals surface area contributed by atoms with Gasteiger partial charge >= 0.3 is 5.97 Å². The summed E-state index contributed by atoms with van der Waals surface area (Å²) in [5, 5.41) is 11.3. The first-order chi connectivity index (χ1) is 11.0. The molecule has 0 spiro atoms. The highest BCUT2D eigenvalue weighted by atomic mass is 35.5. The molecule has 120 valence electrons. The van der Waals surface area contributed by atoms with Crippen LogP contribution in [0.15, 0.2) is 36.4 Å². The monoisotopic (exact) mass is 332 g/mol. The van der Waals surface area contributed by atoms with E-state index in [0.29, 0.717) is 34.3 Å². The molecule has 1 aliphatic rings. The van der Waals surface area contributed by atoms with Gasteiger partial charge in [-0.2, -0.15) is 0 Å². The second kappa shape index (κ2) is 6.60. The number of benzene rings is 2. The van der Waals surface area contributed by atoms with Gasteiger partial charge in [0.25, 0.3) is 0 Å².